The lowest BCUT2D eigenvalue weighted by molar-refractivity contribution is -0.685. The van der Waals surface area contributed by atoms with Crippen molar-refractivity contribution in [1.29, 1.82) is 0 Å². The molecule has 0 saturated carbocycles. The summed E-state index contributed by atoms with van der Waals surface area (Å²) in [5.74, 6) is 0.581. The van der Waals surface area contributed by atoms with Gasteiger partial charge in [-0.05, 0) is 59.4 Å². The molecule has 3 rings (SSSR count). The van der Waals surface area contributed by atoms with Gasteiger partial charge in [-0.25, -0.2) is 4.57 Å². The summed E-state index contributed by atoms with van der Waals surface area (Å²) in [6, 6.07) is 14.9. The van der Waals surface area contributed by atoms with E-state index < -0.39 is 0 Å². The van der Waals surface area contributed by atoms with Gasteiger partial charge in [0.25, 0.3) is 0 Å². The third-order valence-corrected chi connectivity index (χ3v) is 5.50. The Hall–Kier alpha value is -5.47. The standard InChI is InChI=1S/C29H35N12O2/c1-25(35-31-23-32-36-27-10-4-7-14-39(27)2)9-3-6-13-30-22-26-12-16-41(18-20-43)29(21-26)38-34-24-33-37-28-11-5-8-15-40(28)17-19-42/h3-16,21,23-24,30,42-43H,1,17-20,22H2,2H3/q+1/b9-3-,13-6-,32-23+,35-31?,36-27+. The highest BCUT2D eigenvalue weighted by molar-refractivity contribution is 5.54. The van der Waals surface area contributed by atoms with Crippen molar-refractivity contribution in [2.24, 2.45) is 47.9 Å². The van der Waals surface area contributed by atoms with Crippen molar-refractivity contribution in [1.82, 2.24) is 14.5 Å². The molecule has 0 aromatic carbocycles. The van der Waals surface area contributed by atoms with Crippen LogP contribution in [-0.2, 0) is 26.7 Å². The Morgan fingerprint density at radius 1 is 0.953 bits per heavy atom. The molecular formula is C29H35N12O2+. The van der Waals surface area contributed by atoms with E-state index in [1.807, 2.05) is 72.5 Å². The van der Waals surface area contributed by atoms with Crippen LogP contribution in [0.4, 0.5) is 5.82 Å². The summed E-state index contributed by atoms with van der Waals surface area (Å²) < 4.78 is 5.39. The van der Waals surface area contributed by atoms with E-state index in [2.05, 4.69) is 52.8 Å². The van der Waals surface area contributed by atoms with E-state index in [-0.39, 0.29) is 13.2 Å². The number of nitrogens with one attached hydrogen (secondary N) is 1. The lowest BCUT2D eigenvalue weighted by atomic mass is 10.2. The first-order valence-corrected chi connectivity index (χ1v) is 13.3. The number of aromatic nitrogens is 3. The van der Waals surface area contributed by atoms with Crippen LogP contribution in [-0.4, -0.2) is 45.2 Å². The van der Waals surface area contributed by atoms with Crippen LogP contribution < -0.4 is 20.9 Å². The van der Waals surface area contributed by atoms with Gasteiger partial charge < -0.3 is 24.7 Å². The van der Waals surface area contributed by atoms with E-state index in [0.717, 1.165) is 5.56 Å². The maximum atomic E-state index is 9.39. The molecule has 0 radical (unpaired) electrons. The average Bonchev–Trinajstić information content (AvgIpc) is 3.01. The Bertz CT molecular complexity index is 1650. The molecular weight excluding hydrogens is 548 g/mol. The predicted molar refractivity (Wildman–Crippen MR) is 162 cm³/mol. The smallest absolute Gasteiger partial charge is 0.350 e. The fourth-order valence-electron chi connectivity index (χ4n) is 3.43. The van der Waals surface area contributed by atoms with Gasteiger partial charge in [0, 0.05) is 38.6 Å². The van der Waals surface area contributed by atoms with Gasteiger partial charge in [-0.1, -0.05) is 24.8 Å². The molecule has 0 aliphatic rings. The summed E-state index contributed by atoms with van der Waals surface area (Å²) in [5, 5.41) is 53.8. The van der Waals surface area contributed by atoms with Crippen LogP contribution in [0.25, 0.3) is 0 Å². The van der Waals surface area contributed by atoms with E-state index >= 15 is 0 Å². The minimum Gasteiger partial charge on any atom is -0.395 e. The molecule has 3 aromatic heterocycles. The molecule has 3 aromatic rings. The second-order valence-corrected chi connectivity index (χ2v) is 8.64. The van der Waals surface area contributed by atoms with E-state index in [9.17, 15) is 10.2 Å². The summed E-state index contributed by atoms with van der Waals surface area (Å²) >= 11 is 0. The van der Waals surface area contributed by atoms with Crippen LogP contribution in [0.15, 0.2) is 145 Å². The topological polar surface area (TPSA) is 165 Å². The quantitative estimate of drug-likeness (QED) is 0.0626. The van der Waals surface area contributed by atoms with Crippen LogP contribution in [0, 0.1) is 0 Å². The number of azo groups is 2. The molecule has 0 amide bonds. The summed E-state index contributed by atoms with van der Waals surface area (Å²) in [5.41, 5.74) is 2.66. The Labute approximate surface area is 248 Å². The summed E-state index contributed by atoms with van der Waals surface area (Å²) in [4.78, 5) is 0. The number of aryl methyl sites for hydroxylation is 1. The van der Waals surface area contributed by atoms with Crippen molar-refractivity contribution in [3.8, 4) is 0 Å². The summed E-state index contributed by atoms with van der Waals surface area (Å²) in [6.45, 7) is 5.09. The number of hydrogen-bond acceptors (Lipinski definition) is 9. The largest absolute Gasteiger partial charge is 0.395 e. The minimum atomic E-state index is -0.0400. The van der Waals surface area contributed by atoms with E-state index in [0.29, 0.717) is 42.1 Å². The van der Waals surface area contributed by atoms with Crippen molar-refractivity contribution in [3.05, 3.63) is 120 Å². The fraction of sp³-hybridized carbons (Fsp3) is 0.207. The molecule has 222 valence electrons. The number of pyridine rings is 3. The number of allylic oxidation sites excluding steroid dienone is 3. The molecule has 0 aliphatic heterocycles. The van der Waals surface area contributed by atoms with Crippen LogP contribution in [0.1, 0.15) is 5.56 Å². The van der Waals surface area contributed by atoms with Crippen molar-refractivity contribution < 1.29 is 14.8 Å². The van der Waals surface area contributed by atoms with Gasteiger partial charge in [0.1, 0.15) is 6.54 Å². The number of hydrogen-bond donors (Lipinski definition) is 3. The molecule has 14 nitrogen and oxygen atoms in total. The van der Waals surface area contributed by atoms with Gasteiger partial charge in [0.15, 0.2) is 23.7 Å². The van der Waals surface area contributed by atoms with Crippen molar-refractivity contribution >= 4 is 18.5 Å². The first-order valence-electron chi connectivity index (χ1n) is 13.3. The molecule has 0 aliphatic carbocycles. The molecule has 3 N–H and O–H groups in total. The van der Waals surface area contributed by atoms with Crippen molar-refractivity contribution in [2.45, 2.75) is 19.6 Å². The molecule has 14 heteroatoms. The average molecular weight is 584 g/mol. The fourth-order valence-corrected chi connectivity index (χ4v) is 3.43. The zero-order chi connectivity index (χ0) is 30.5. The van der Waals surface area contributed by atoms with E-state index in [4.69, 9.17) is 0 Å². The van der Waals surface area contributed by atoms with Crippen molar-refractivity contribution in [3.63, 3.8) is 0 Å². The molecule has 0 atom stereocenters. The zero-order valence-corrected chi connectivity index (χ0v) is 23.9. The normalized spacial score (nSPS) is 13.3. The first-order chi connectivity index (χ1) is 21.1. The molecule has 0 fully saturated rings. The van der Waals surface area contributed by atoms with Crippen molar-refractivity contribution in [2.75, 3.05) is 13.2 Å². The zero-order valence-electron chi connectivity index (χ0n) is 23.9. The molecule has 0 saturated heterocycles. The minimum absolute atomic E-state index is 0.00524. The Kier molecular flexibility index (Phi) is 14.0. The van der Waals surface area contributed by atoms with Gasteiger partial charge in [-0.15, -0.1) is 25.5 Å². The second kappa shape index (κ2) is 18.8. The summed E-state index contributed by atoms with van der Waals surface area (Å²) in [7, 11) is 1.88. The number of aliphatic hydroxyl groups is 2. The van der Waals surface area contributed by atoms with Gasteiger partial charge in [-0.2, -0.15) is 5.11 Å². The molecule has 3 heterocycles. The van der Waals surface area contributed by atoms with Crippen LogP contribution in [0.5, 0.6) is 0 Å². The van der Waals surface area contributed by atoms with Crippen LogP contribution >= 0.6 is 0 Å². The highest BCUT2D eigenvalue weighted by atomic mass is 16.3. The number of aliphatic hydroxyl groups excluding tert-OH is 2. The van der Waals surface area contributed by atoms with Gasteiger partial charge in [0.05, 0.1) is 30.2 Å². The molecule has 0 spiro atoms. The van der Waals surface area contributed by atoms with E-state index in [1.165, 1.54) is 12.7 Å². The highest BCUT2D eigenvalue weighted by Crippen LogP contribution is 2.03. The molecule has 0 unspecified atom stereocenters. The predicted octanol–water partition coefficient (Wildman–Crippen LogP) is 2.40. The summed E-state index contributed by atoms with van der Waals surface area (Å²) in [6.07, 6.45) is 15.1. The SMILES string of the molecule is C=C(/C=C\C=C/NCc1ccn(CCO)/c(=N/N=C/N=Nc2cccc[n+]2CCO)c1)N=N/C=N/N=c1\ccccn1C. The first kappa shape index (κ1) is 32.0. The monoisotopic (exact) mass is 583 g/mol. The van der Waals surface area contributed by atoms with Gasteiger partial charge in [-0.3, -0.25) is 0 Å². The number of nitrogens with zero attached hydrogens (tertiary/aromatic N) is 11. The Morgan fingerprint density at radius 3 is 2.58 bits per heavy atom. The maximum absolute atomic E-state index is 9.39. The molecule has 43 heavy (non-hydrogen) atoms. The maximum Gasteiger partial charge on any atom is 0.350 e. The number of rotatable bonds is 15. The highest BCUT2D eigenvalue weighted by Gasteiger charge is 2.06. The third kappa shape index (κ3) is 11.9. The van der Waals surface area contributed by atoms with Gasteiger partial charge in [0.2, 0.25) is 0 Å². The Morgan fingerprint density at radius 2 is 1.77 bits per heavy atom. The van der Waals surface area contributed by atoms with Gasteiger partial charge >= 0.3 is 5.82 Å². The lowest BCUT2D eigenvalue weighted by Crippen LogP contribution is -2.35. The van der Waals surface area contributed by atoms with Crippen LogP contribution in [0.3, 0.4) is 0 Å². The third-order valence-electron chi connectivity index (χ3n) is 5.50. The molecule has 0 bridgehead atoms. The van der Waals surface area contributed by atoms with E-state index in [1.54, 1.807) is 39.7 Å². The van der Waals surface area contributed by atoms with Crippen LogP contribution in [0.2, 0.25) is 0 Å². The lowest BCUT2D eigenvalue weighted by Gasteiger charge is -2.07. The Balaban J connectivity index is 1.52. The second-order valence-electron chi connectivity index (χ2n) is 8.64.